The highest BCUT2D eigenvalue weighted by molar-refractivity contribution is 6.52. The lowest BCUT2D eigenvalue weighted by molar-refractivity contribution is -0.144. The number of amides is 8. The third kappa shape index (κ3) is 15.4. The van der Waals surface area contributed by atoms with Gasteiger partial charge in [-0.1, -0.05) is 84.5 Å². The number of Topliss-reactive ketones (excluding diaryl/α,β-unsaturated/α-hetero) is 1. The molecule has 0 radical (unpaired) electrons. The van der Waals surface area contributed by atoms with Crippen LogP contribution in [0.1, 0.15) is 167 Å². The van der Waals surface area contributed by atoms with Crippen LogP contribution >= 0.6 is 46.4 Å². The number of fused-ring (bicyclic) bond motifs is 2. The normalized spacial score (nSPS) is 28.0. The van der Waals surface area contributed by atoms with Gasteiger partial charge in [0, 0.05) is 39.6 Å². The number of alkyl halides is 4. The van der Waals surface area contributed by atoms with E-state index in [0.717, 1.165) is 103 Å². The van der Waals surface area contributed by atoms with Gasteiger partial charge < -0.3 is 57.1 Å². The van der Waals surface area contributed by atoms with E-state index in [1.165, 1.54) is 9.80 Å². The van der Waals surface area contributed by atoms with E-state index in [1.807, 2.05) is 0 Å². The lowest BCUT2D eigenvalue weighted by Crippen LogP contribution is -2.60. The fourth-order valence-corrected chi connectivity index (χ4v) is 14.4. The number of aliphatic hydroxyl groups excluding tert-OH is 1. The molecule has 2 heterocycles. The number of likely N-dealkylation sites (tertiary alicyclic amines) is 2. The van der Waals surface area contributed by atoms with Crippen LogP contribution in [0.5, 0.6) is 0 Å². The minimum atomic E-state index is -1.56. The van der Waals surface area contributed by atoms with Gasteiger partial charge in [-0.25, -0.2) is 9.59 Å². The molecule has 6 aliphatic carbocycles. The van der Waals surface area contributed by atoms with E-state index in [1.54, 1.807) is 41.5 Å². The first-order chi connectivity index (χ1) is 36.4. The van der Waals surface area contributed by atoms with Crippen molar-refractivity contribution >= 4 is 99.8 Å². The lowest BCUT2D eigenvalue weighted by atomic mass is 9.79. The molecular formula is C55H90Cl4N8O12. The number of carbonyl (C=O) groups excluding carboxylic acids is 9. The molecule has 0 spiro atoms. The fourth-order valence-electron chi connectivity index (χ4n) is 12.7. The van der Waals surface area contributed by atoms with Crippen LogP contribution in [0.4, 0.5) is 9.59 Å². The average molecular weight is 1200 g/mol. The maximum Gasteiger partial charge on any atom is 0.408 e. The summed E-state index contributed by atoms with van der Waals surface area (Å²) in [5.74, 6) is -6.23. The maximum atomic E-state index is 14.1. The Labute approximate surface area is 487 Å². The molecular weight excluding hydrogens is 1110 g/mol. The Hall–Kier alpha value is -3.85. The summed E-state index contributed by atoms with van der Waals surface area (Å²) in [6.07, 6.45) is 12.5. The van der Waals surface area contributed by atoms with Gasteiger partial charge in [0.1, 0.15) is 44.0 Å². The van der Waals surface area contributed by atoms with Crippen LogP contribution < -0.4 is 32.7 Å². The SMILES string of the molecule is C.CC(C)(C)OC(=O)N[C@H](C(=O)N1C[C@H]2[C@@H]([C@H]1C(=O)NC(CC1CCC1)C(=O)C(N)=O)C2(Cl)Cl)C1CCCCC1.CC(C)(C)OC(=O)N[C@H](C(=O)N1C[C@H]2[C@@H]([C@H]1C(=O)NC(CC1CCC1)C(O)C(N)=O)C2(Cl)Cl)C1CCCCC1.[HH].[HH]. The molecule has 8 rings (SSSR count). The number of hydrogen-bond acceptors (Lipinski definition) is 12. The first kappa shape index (κ1) is 64.3. The van der Waals surface area contributed by atoms with Crippen molar-refractivity contribution in [3.63, 3.8) is 0 Å². The highest BCUT2D eigenvalue weighted by Gasteiger charge is 2.75. The Balaban J connectivity index is 0.000000336. The Morgan fingerprint density at radius 3 is 1.30 bits per heavy atom. The zero-order valence-electron chi connectivity index (χ0n) is 45.8. The van der Waals surface area contributed by atoms with Gasteiger partial charge in [-0.05, 0) is 104 Å². The lowest BCUT2D eigenvalue weighted by Gasteiger charge is -2.37. The Morgan fingerprint density at radius 2 is 0.962 bits per heavy atom. The molecule has 0 aromatic carbocycles. The number of rotatable bonds is 18. The van der Waals surface area contributed by atoms with Crippen LogP contribution in [-0.2, 0) is 43.0 Å². The Kier molecular flexibility index (Phi) is 21.0. The third-order valence-electron chi connectivity index (χ3n) is 17.4. The summed E-state index contributed by atoms with van der Waals surface area (Å²) in [5, 5.41) is 21.5. The van der Waals surface area contributed by atoms with Crippen molar-refractivity contribution in [2.45, 2.75) is 227 Å². The molecule has 0 bridgehead atoms. The molecule has 8 fully saturated rings. The number of piperidine rings is 2. The molecule has 8 aliphatic rings. The molecule has 0 aromatic heterocycles. The molecule has 9 N–H and O–H groups in total. The number of hydrogen-bond donors (Lipinski definition) is 7. The summed E-state index contributed by atoms with van der Waals surface area (Å²) >= 11 is 26.0. The van der Waals surface area contributed by atoms with Gasteiger partial charge in [0.15, 0.2) is 6.10 Å². The predicted molar refractivity (Wildman–Crippen MR) is 301 cm³/mol. The van der Waals surface area contributed by atoms with Crippen LogP contribution in [0.15, 0.2) is 0 Å². The molecule has 11 atom stereocenters. The molecule has 2 saturated heterocycles. The largest absolute Gasteiger partial charge is 0.444 e. The standard InChI is InChI=1S/C27H42Cl2N4O6.C27H40Cl2N4O6.CH4.2H2/c2*1-26(2,3)39-25(38)32-19(15-10-5-4-6-11-15)24(37)33-13-16-18(27(16,28)29)20(33)23(36)31-17(21(34)22(30)35)12-14-8-7-9-14;;;/h14-21,34H,4-13H2,1-3H3,(H2,30,35)(H,31,36)(H,32,38);14-20H,4-13H2,1-3H3,(H2,30,35)(H,31,36)(H,32,38);1H4;2*1H/t16-,17?,18-,19-,20-,21?;16-,17?,18-,19-,20-;;;/m00.../s1. The van der Waals surface area contributed by atoms with E-state index in [-0.39, 0.29) is 64.8 Å². The van der Waals surface area contributed by atoms with Gasteiger partial charge >= 0.3 is 12.2 Å². The van der Waals surface area contributed by atoms with Crippen molar-refractivity contribution in [2.24, 2.45) is 58.8 Å². The van der Waals surface area contributed by atoms with E-state index >= 15 is 0 Å². The number of carbonyl (C=O) groups is 9. The second-order valence-electron chi connectivity index (χ2n) is 25.3. The molecule has 450 valence electrons. The van der Waals surface area contributed by atoms with Gasteiger partial charge in [-0.2, -0.15) is 0 Å². The smallest absolute Gasteiger partial charge is 0.408 e. The topological polar surface area (TPSA) is 299 Å². The summed E-state index contributed by atoms with van der Waals surface area (Å²) in [6.45, 7) is 10.8. The fraction of sp³-hybridized carbons (Fsp3) is 0.836. The predicted octanol–water partition coefficient (Wildman–Crippen LogP) is 6.56. The maximum absolute atomic E-state index is 14.1. The number of alkyl carbamates (subject to hydrolysis) is 2. The first-order valence-electron chi connectivity index (χ1n) is 28.2. The summed E-state index contributed by atoms with van der Waals surface area (Å²) in [5.41, 5.74) is 9.15. The van der Waals surface area contributed by atoms with Crippen molar-refractivity contribution in [3.05, 3.63) is 0 Å². The second kappa shape index (κ2) is 25.7. The molecule has 3 unspecified atom stereocenters. The monoisotopic (exact) mass is 1190 g/mol. The highest BCUT2D eigenvalue weighted by Crippen LogP contribution is 2.66. The molecule has 20 nitrogen and oxygen atoms in total. The highest BCUT2D eigenvalue weighted by atomic mass is 35.5. The third-order valence-corrected chi connectivity index (χ3v) is 19.5. The molecule has 24 heteroatoms. The Bertz CT molecular complexity index is 2290. The van der Waals surface area contributed by atoms with E-state index in [9.17, 15) is 48.3 Å². The number of ether oxygens (including phenoxy) is 2. The van der Waals surface area contributed by atoms with Gasteiger partial charge in [0.25, 0.3) is 5.91 Å². The summed E-state index contributed by atoms with van der Waals surface area (Å²) in [6, 6.07) is -5.77. The van der Waals surface area contributed by atoms with Gasteiger partial charge in [0.05, 0.1) is 12.1 Å². The molecule has 2 aliphatic heterocycles. The average Bonchev–Trinajstić information content (AvgIpc) is 3.77. The van der Waals surface area contributed by atoms with Gasteiger partial charge in [-0.15, -0.1) is 46.4 Å². The summed E-state index contributed by atoms with van der Waals surface area (Å²) in [7, 11) is 0. The first-order valence-corrected chi connectivity index (χ1v) is 29.7. The van der Waals surface area contributed by atoms with Gasteiger partial charge in [0.2, 0.25) is 35.3 Å². The molecule has 6 saturated carbocycles. The molecule has 0 aromatic rings. The van der Waals surface area contributed by atoms with Crippen LogP contribution in [-0.4, -0.2) is 144 Å². The zero-order chi connectivity index (χ0) is 57.4. The minimum absolute atomic E-state index is 0. The van der Waals surface area contributed by atoms with Crippen molar-refractivity contribution in [1.82, 2.24) is 31.1 Å². The number of ketones is 1. The molecule has 8 amide bonds. The van der Waals surface area contributed by atoms with Crippen LogP contribution in [0.25, 0.3) is 0 Å². The number of halogens is 4. The van der Waals surface area contributed by atoms with Crippen LogP contribution in [0.2, 0.25) is 0 Å². The number of nitrogens with one attached hydrogen (secondary N) is 4. The number of aliphatic hydroxyl groups is 1. The van der Waals surface area contributed by atoms with E-state index in [0.29, 0.717) is 12.8 Å². The second-order valence-corrected chi connectivity index (χ2v) is 28.2. The number of nitrogens with zero attached hydrogens (tertiary/aromatic N) is 2. The van der Waals surface area contributed by atoms with E-state index in [4.69, 9.17) is 67.3 Å². The quantitative estimate of drug-likeness (QED) is 0.0567. The van der Waals surface area contributed by atoms with Crippen molar-refractivity contribution < 1.29 is 60.6 Å². The van der Waals surface area contributed by atoms with Crippen LogP contribution in [0.3, 0.4) is 0 Å². The number of primary amides is 2. The van der Waals surface area contributed by atoms with Crippen LogP contribution in [0, 0.1) is 47.3 Å². The van der Waals surface area contributed by atoms with Crippen molar-refractivity contribution in [3.8, 4) is 0 Å². The van der Waals surface area contributed by atoms with Gasteiger partial charge in [-0.3, -0.25) is 33.6 Å². The minimum Gasteiger partial charge on any atom is -0.444 e. The van der Waals surface area contributed by atoms with Crippen molar-refractivity contribution in [1.29, 1.82) is 0 Å². The molecule has 79 heavy (non-hydrogen) atoms. The number of nitrogens with two attached hydrogens (primary N) is 2. The van der Waals surface area contributed by atoms with E-state index < -0.39 is 122 Å². The summed E-state index contributed by atoms with van der Waals surface area (Å²) < 4.78 is 8.54. The Morgan fingerprint density at radius 1 is 0.582 bits per heavy atom. The van der Waals surface area contributed by atoms with Crippen molar-refractivity contribution in [2.75, 3.05) is 13.1 Å². The zero-order valence-corrected chi connectivity index (χ0v) is 48.8. The van der Waals surface area contributed by atoms with E-state index in [2.05, 4.69) is 21.3 Å². The summed E-state index contributed by atoms with van der Waals surface area (Å²) in [4.78, 5) is 120.